The van der Waals surface area contributed by atoms with E-state index in [2.05, 4.69) is 14.1 Å². The molecule has 0 spiro atoms. The lowest BCUT2D eigenvalue weighted by atomic mass is 10.2. The second-order valence-electron chi connectivity index (χ2n) is 4.24. The molecular weight excluding hydrogens is 298 g/mol. The van der Waals surface area contributed by atoms with Crippen molar-refractivity contribution < 1.29 is 14.7 Å². The number of aliphatic carboxylic acids is 1. The Hall–Kier alpha value is -1.67. The molecule has 2 N–H and O–H groups in total. The number of rotatable bonds is 6. The lowest BCUT2D eigenvalue weighted by molar-refractivity contribution is -0.140. The van der Waals surface area contributed by atoms with Crippen LogP contribution in [0.5, 0.6) is 0 Å². The van der Waals surface area contributed by atoms with Crippen LogP contribution in [-0.2, 0) is 9.59 Å². The fourth-order valence-corrected chi connectivity index (χ4v) is 2.91. The molecule has 0 bridgehead atoms. The second-order valence-corrected chi connectivity index (χ2v) is 5.80. The molecule has 1 unspecified atom stereocenters. The first kappa shape index (κ1) is 14.7. The minimum atomic E-state index is -0.851. The van der Waals surface area contributed by atoms with Gasteiger partial charge in [-0.2, -0.15) is 20.5 Å². The van der Waals surface area contributed by atoms with Gasteiger partial charge in [0.05, 0.1) is 29.1 Å². The number of nitrogens with zero attached hydrogens (tertiary/aromatic N) is 2. The highest BCUT2D eigenvalue weighted by Crippen LogP contribution is 2.21. The van der Waals surface area contributed by atoms with Gasteiger partial charge in [-0.1, -0.05) is 13.0 Å². The van der Waals surface area contributed by atoms with Crippen LogP contribution in [0.25, 0.3) is 11.0 Å². The number of carbonyl (C=O) groups excluding carboxylic acids is 1. The van der Waals surface area contributed by atoms with Gasteiger partial charge in [0.2, 0.25) is 5.91 Å². The van der Waals surface area contributed by atoms with E-state index >= 15 is 0 Å². The molecule has 0 saturated carbocycles. The number of carbonyl (C=O) groups is 2. The van der Waals surface area contributed by atoms with Crippen LogP contribution in [-0.4, -0.2) is 37.2 Å². The summed E-state index contributed by atoms with van der Waals surface area (Å²) in [6, 6.07) is 5.41. The quantitative estimate of drug-likeness (QED) is 0.848. The van der Waals surface area contributed by atoms with E-state index in [4.69, 9.17) is 5.11 Å². The van der Waals surface area contributed by atoms with Crippen molar-refractivity contribution in [1.29, 1.82) is 0 Å². The van der Waals surface area contributed by atoms with Gasteiger partial charge in [-0.05, 0) is 12.1 Å². The van der Waals surface area contributed by atoms with Crippen molar-refractivity contribution >= 4 is 52.1 Å². The largest absolute Gasteiger partial charge is 0.481 e. The van der Waals surface area contributed by atoms with E-state index in [9.17, 15) is 9.59 Å². The van der Waals surface area contributed by atoms with Gasteiger partial charge in [0.15, 0.2) is 0 Å². The highest BCUT2D eigenvalue weighted by Gasteiger charge is 2.13. The lowest BCUT2D eigenvalue weighted by Crippen LogP contribution is -2.17. The van der Waals surface area contributed by atoms with Crippen LogP contribution in [0.4, 0.5) is 5.69 Å². The van der Waals surface area contributed by atoms with Crippen molar-refractivity contribution in [2.24, 2.45) is 5.92 Å². The van der Waals surface area contributed by atoms with Gasteiger partial charge < -0.3 is 10.4 Å². The van der Waals surface area contributed by atoms with Crippen LogP contribution in [0.2, 0.25) is 0 Å². The number of fused-ring (bicyclic) bond motifs is 1. The minimum absolute atomic E-state index is 0.173. The summed E-state index contributed by atoms with van der Waals surface area (Å²) in [6.07, 6.45) is 0. The highest BCUT2D eigenvalue weighted by atomic mass is 32.2. The number of hydrogen-bond acceptors (Lipinski definition) is 6. The first-order valence-electron chi connectivity index (χ1n) is 5.89. The summed E-state index contributed by atoms with van der Waals surface area (Å²) in [6.45, 7) is 1.62. The van der Waals surface area contributed by atoms with Crippen molar-refractivity contribution in [3.8, 4) is 0 Å². The van der Waals surface area contributed by atoms with Crippen LogP contribution in [0.15, 0.2) is 18.2 Å². The average Bonchev–Trinajstić information content (AvgIpc) is 2.87. The van der Waals surface area contributed by atoms with Crippen LogP contribution >= 0.6 is 23.5 Å². The molecule has 1 amide bonds. The monoisotopic (exact) mass is 311 g/mol. The zero-order chi connectivity index (χ0) is 14.5. The Kier molecular flexibility index (Phi) is 4.91. The number of aromatic nitrogens is 2. The van der Waals surface area contributed by atoms with E-state index in [0.29, 0.717) is 17.0 Å². The molecule has 1 heterocycles. The third-order valence-electron chi connectivity index (χ3n) is 2.58. The minimum Gasteiger partial charge on any atom is -0.481 e. The summed E-state index contributed by atoms with van der Waals surface area (Å²) in [5.41, 5.74) is 2.06. The fraction of sp³-hybridized carbons (Fsp3) is 0.333. The molecule has 1 aromatic carbocycles. The maximum atomic E-state index is 11.8. The summed E-state index contributed by atoms with van der Waals surface area (Å²) in [5, 5.41) is 11.5. The van der Waals surface area contributed by atoms with Gasteiger partial charge in [-0.3, -0.25) is 9.59 Å². The normalized spacial score (nSPS) is 12.2. The van der Waals surface area contributed by atoms with E-state index < -0.39 is 11.9 Å². The molecule has 0 saturated heterocycles. The molecule has 106 valence electrons. The summed E-state index contributed by atoms with van der Waals surface area (Å²) < 4.78 is 8.23. The second kappa shape index (κ2) is 6.67. The predicted octanol–water partition coefficient (Wildman–Crippen LogP) is 2.08. The smallest absolute Gasteiger partial charge is 0.307 e. The van der Waals surface area contributed by atoms with Crippen molar-refractivity contribution in [1.82, 2.24) is 8.75 Å². The highest BCUT2D eigenvalue weighted by molar-refractivity contribution is 8.00. The Morgan fingerprint density at radius 3 is 3.00 bits per heavy atom. The van der Waals surface area contributed by atoms with Crippen LogP contribution in [0.1, 0.15) is 6.92 Å². The molecule has 2 rings (SSSR count). The van der Waals surface area contributed by atoms with Crippen LogP contribution in [0.3, 0.4) is 0 Å². The molecule has 0 aliphatic heterocycles. The Morgan fingerprint density at radius 1 is 1.45 bits per heavy atom. The third-order valence-corrected chi connectivity index (χ3v) is 4.33. The molecule has 0 fully saturated rings. The molecule has 0 aliphatic rings. The first-order chi connectivity index (χ1) is 9.58. The molecule has 0 radical (unpaired) electrons. The molecular formula is C12H13N3O3S2. The summed E-state index contributed by atoms with van der Waals surface area (Å²) >= 11 is 2.40. The van der Waals surface area contributed by atoms with Crippen molar-refractivity contribution in [3.63, 3.8) is 0 Å². The number of benzene rings is 1. The fourth-order valence-electron chi connectivity index (χ4n) is 1.49. The van der Waals surface area contributed by atoms with Gasteiger partial charge in [0.1, 0.15) is 11.0 Å². The van der Waals surface area contributed by atoms with Crippen LogP contribution < -0.4 is 5.32 Å². The average molecular weight is 311 g/mol. The van der Waals surface area contributed by atoms with Gasteiger partial charge in [0.25, 0.3) is 0 Å². The molecule has 1 aromatic heterocycles. The Balaban J connectivity index is 1.89. The Morgan fingerprint density at radius 2 is 2.25 bits per heavy atom. The summed E-state index contributed by atoms with van der Waals surface area (Å²) in [5.74, 6) is -0.861. The number of hydrogen-bond donors (Lipinski definition) is 2. The lowest BCUT2D eigenvalue weighted by Gasteiger charge is -2.07. The number of nitrogens with one attached hydrogen (secondary N) is 1. The van der Waals surface area contributed by atoms with E-state index in [1.54, 1.807) is 19.1 Å². The van der Waals surface area contributed by atoms with Crippen molar-refractivity contribution in [3.05, 3.63) is 18.2 Å². The van der Waals surface area contributed by atoms with Crippen molar-refractivity contribution in [2.45, 2.75) is 6.92 Å². The Bertz CT molecular complexity index is 629. The third kappa shape index (κ3) is 3.67. The van der Waals surface area contributed by atoms with E-state index in [-0.39, 0.29) is 11.7 Å². The van der Waals surface area contributed by atoms with Crippen LogP contribution in [0, 0.1) is 5.92 Å². The standard InChI is InChI=1S/C12H13N3O3S2/c1-7(12(17)18)5-19-6-10(16)13-8-3-2-4-9-11(8)15-20-14-9/h2-4,7H,5-6H2,1H3,(H,13,16)(H,17,18). The molecule has 2 aromatic rings. The van der Waals surface area contributed by atoms with E-state index in [1.165, 1.54) is 11.8 Å². The van der Waals surface area contributed by atoms with E-state index in [0.717, 1.165) is 17.2 Å². The molecule has 6 nitrogen and oxygen atoms in total. The molecule has 1 atom stereocenters. The molecule has 0 aliphatic carbocycles. The number of carboxylic acid groups (broad SMARTS) is 1. The number of amides is 1. The number of anilines is 1. The van der Waals surface area contributed by atoms with Crippen molar-refractivity contribution in [2.75, 3.05) is 16.8 Å². The summed E-state index contributed by atoms with van der Waals surface area (Å²) in [7, 11) is 0. The zero-order valence-corrected chi connectivity index (χ0v) is 12.3. The maximum Gasteiger partial charge on any atom is 0.307 e. The topological polar surface area (TPSA) is 92.2 Å². The Labute approximate surface area is 123 Å². The van der Waals surface area contributed by atoms with Gasteiger partial charge >= 0.3 is 5.97 Å². The first-order valence-corrected chi connectivity index (χ1v) is 7.78. The SMILES string of the molecule is CC(CSCC(=O)Nc1cccc2nsnc12)C(=O)O. The van der Waals surface area contributed by atoms with Gasteiger partial charge in [-0.15, -0.1) is 0 Å². The zero-order valence-electron chi connectivity index (χ0n) is 10.7. The molecule has 8 heteroatoms. The number of carboxylic acids is 1. The number of thioether (sulfide) groups is 1. The van der Waals surface area contributed by atoms with Gasteiger partial charge in [-0.25, -0.2) is 0 Å². The van der Waals surface area contributed by atoms with E-state index in [1.807, 2.05) is 6.07 Å². The predicted molar refractivity (Wildman–Crippen MR) is 80.2 cm³/mol. The maximum absolute atomic E-state index is 11.8. The van der Waals surface area contributed by atoms with Gasteiger partial charge in [0, 0.05) is 5.75 Å². The molecule has 20 heavy (non-hydrogen) atoms. The summed E-state index contributed by atoms with van der Waals surface area (Å²) in [4.78, 5) is 22.5.